The normalized spacial score (nSPS) is 16.7. The van der Waals surface area contributed by atoms with E-state index in [0.717, 1.165) is 22.9 Å². The van der Waals surface area contributed by atoms with Crippen LogP contribution in [0.2, 0.25) is 0 Å². The summed E-state index contributed by atoms with van der Waals surface area (Å²) in [6.07, 6.45) is 0.285. The molecule has 1 fully saturated rings. The fraction of sp³-hybridized carbons (Fsp3) is 0.192. The Morgan fingerprint density at radius 3 is 2.34 bits per heavy atom. The number of amides is 2. The highest BCUT2D eigenvalue weighted by Crippen LogP contribution is 2.31. The zero-order valence-electron chi connectivity index (χ0n) is 19.0. The first-order chi connectivity index (χ1) is 17.2. The molecule has 35 heavy (non-hydrogen) atoms. The van der Waals surface area contributed by atoms with Gasteiger partial charge in [0.25, 0.3) is 0 Å². The highest BCUT2D eigenvalue weighted by atomic mass is 32.1. The van der Waals surface area contributed by atoms with Crippen LogP contribution in [0.5, 0.6) is 0 Å². The number of nitrogens with zero attached hydrogens (tertiary/aromatic N) is 4. The fourth-order valence-corrected chi connectivity index (χ4v) is 4.97. The van der Waals surface area contributed by atoms with Crippen LogP contribution in [0.3, 0.4) is 0 Å². The second-order valence-electron chi connectivity index (χ2n) is 8.21. The Bertz CT molecular complexity index is 1330. The van der Waals surface area contributed by atoms with Crippen LogP contribution in [0, 0.1) is 0 Å². The van der Waals surface area contributed by atoms with Crippen molar-refractivity contribution in [1.29, 1.82) is 0 Å². The van der Waals surface area contributed by atoms with Crippen molar-refractivity contribution in [2.45, 2.75) is 18.4 Å². The van der Waals surface area contributed by atoms with E-state index in [2.05, 4.69) is 19.2 Å². The molecular formula is C26H23N5O3S. The topological polar surface area (TPSA) is 96.8 Å². The van der Waals surface area contributed by atoms with Gasteiger partial charge in [0.05, 0.1) is 35.6 Å². The zero-order valence-corrected chi connectivity index (χ0v) is 19.8. The molecular weight excluding hydrogens is 462 g/mol. The van der Waals surface area contributed by atoms with Crippen molar-refractivity contribution in [3.63, 3.8) is 0 Å². The van der Waals surface area contributed by atoms with Crippen molar-refractivity contribution in [2.24, 2.45) is 5.16 Å². The largest absolute Gasteiger partial charge is 0.399 e. The number of aromatic nitrogens is 2. The highest BCUT2D eigenvalue weighted by Gasteiger charge is 2.41. The molecule has 2 heterocycles. The summed E-state index contributed by atoms with van der Waals surface area (Å²) in [7, 11) is 1.46. The molecule has 1 aliphatic heterocycles. The lowest BCUT2D eigenvalue weighted by Gasteiger charge is -2.28. The van der Waals surface area contributed by atoms with Crippen molar-refractivity contribution in [1.82, 2.24) is 13.6 Å². The summed E-state index contributed by atoms with van der Waals surface area (Å²) in [6.45, 7) is 0.212. The van der Waals surface area contributed by atoms with Crippen LogP contribution in [0.15, 0.2) is 84.0 Å². The van der Waals surface area contributed by atoms with Gasteiger partial charge >= 0.3 is 0 Å². The van der Waals surface area contributed by atoms with Crippen molar-refractivity contribution in [3.8, 4) is 0 Å². The highest BCUT2D eigenvalue weighted by molar-refractivity contribution is 7.00. The van der Waals surface area contributed by atoms with E-state index in [4.69, 9.17) is 4.84 Å². The molecule has 4 aromatic rings. The smallest absolute Gasteiger partial charge is 0.247 e. The van der Waals surface area contributed by atoms with Gasteiger partial charge in [-0.25, -0.2) is 0 Å². The third kappa shape index (κ3) is 4.63. The van der Waals surface area contributed by atoms with E-state index in [-0.39, 0.29) is 24.8 Å². The van der Waals surface area contributed by atoms with Gasteiger partial charge in [-0.2, -0.15) is 8.75 Å². The van der Waals surface area contributed by atoms with Gasteiger partial charge < -0.3 is 15.1 Å². The molecule has 176 valence electrons. The number of nitrogens with one attached hydrogen (secondary N) is 1. The van der Waals surface area contributed by atoms with E-state index in [9.17, 15) is 9.59 Å². The maximum atomic E-state index is 14.1. The monoisotopic (exact) mass is 485 g/mol. The number of anilines is 1. The number of hydrogen-bond acceptors (Lipinski definition) is 7. The van der Waals surface area contributed by atoms with E-state index >= 15 is 0 Å². The first-order valence-corrected chi connectivity index (χ1v) is 11.9. The molecule has 1 aliphatic rings. The van der Waals surface area contributed by atoms with E-state index in [1.54, 1.807) is 11.0 Å². The lowest BCUT2D eigenvalue weighted by atomic mass is 9.90. The standard InChI is InChI=1S/C26H23N5O3S/c1-34-28-19-15-22(25(32)27-20-13-8-14-21-24(20)30-35-29-21)31(16-19)26(33)23(17-9-4-2-5-10-17)18-11-6-3-7-12-18/h2-14,22-23H,15-16H2,1H3,(H,27,32)/b28-19+/t22-/m0/s1. The summed E-state index contributed by atoms with van der Waals surface area (Å²) < 4.78 is 8.53. The van der Waals surface area contributed by atoms with E-state index < -0.39 is 12.0 Å². The number of fused-ring (bicyclic) bond motifs is 1. The van der Waals surface area contributed by atoms with Gasteiger partial charge in [0, 0.05) is 6.42 Å². The second-order valence-corrected chi connectivity index (χ2v) is 8.74. The van der Waals surface area contributed by atoms with Crippen molar-refractivity contribution < 1.29 is 14.4 Å². The molecule has 0 spiro atoms. The number of carbonyl (C=O) groups is 2. The van der Waals surface area contributed by atoms with Gasteiger partial charge in [0.2, 0.25) is 11.8 Å². The zero-order chi connectivity index (χ0) is 24.2. The van der Waals surface area contributed by atoms with Gasteiger partial charge in [0.15, 0.2) is 0 Å². The van der Waals surface area contributed by atoms with Crippen LogP contribution in [0.25, 0.3) is 11.0 Å². The van der Waals surface area contributed by atoms with Crippen LogP contribution in [0.4, 0.5) is 5.69 Å². The quantitative estimate of drug-likeness (QED) is 0.416. The minimum atomic E-state index is -0.742. The molecule has 1 atom stereocenters. The Hall–Kier alpha value is -4.11. The van der Waals surface area contributed by atoms with E-state index in [1.165, 1.54) is 7.11 Å². The Morgan fingerprint density at radius 1 is 1.00 bits per heavy atom. The van der Waals surface area contributed by atoms with Crippen molar-refractivity contribution in [2.75, 3.05) is 19.0 Å². The summed E-state index contributed by atoms with van der Waals surface area (Å²) >= 11 is 1.09. The molecule has 5 rings (SSSR count). The maximum absolute atomic E-state index is 14.1. The molecule has 0 unspecified atom stereocenters. The van der Waals surface area contributed by atoms with Crippen LogP contribution in [-0.4, -0.2) is 50.9 Å². The third-order valence-corrected chi connectivity index (χ3v) is 6.56. The summed E-state index contributed by atoms with van der Waals surface area (Å²) in [6, 6.07) is 23.9. The lowest BCUT2D eigenvalue weighted by molar-refractivity contribution is -0.137. The van der Waals surface area contributed by atoms with Gasteiger partial charge in [-0.1, -0.05) is 71.9 Å². The number of benzene rings is 3. The van der Waals surface area contributed by atoms with Gasteiger partial charge in [-0.15, -0.1) is 0 Å². The molecule has 9 heteroatoms. The Morgan fingerprint density at radius 2 is 1.69 bits per heavy atom. The van der Waals surface area contributed by atoms with Crippen LogP contribution in [-0.2, 0) is 14.4 Å². The Kier molecular flexibility index (Phi) is 6.49. The van der Waals surface area contributed by atoms with Crippen LogP contribution < -0.4 is 5.32 Å². The Labute approximate surface area is 206 Å². The van der Waals surface area contributed by atoms with E-state index in [1.807, 2.05) is 72.8 Å². The minimum Gasteiger partial charge on any atom is -0.399 e. The first-order valence-electron chi connectivity index (χ1n) is 11.2. The molecule has 0 bridgehead atoms. The number of likely N-dealkylation sites (tertiary alicyclic amines) is 1. The summed E-state index contributed by atoms with van der Waals surface area (Å²) in [5.74, 6) is -1.03. The molecule has 0 radical (unpaired) electrons. The third-order valence-electron chi connectivity index (χ3n) is 6.02. The van der Waals surface area contributed by atoms with E-state index in [0.29, 0.717) is 22.4 Å². The average molecular weight is 486 g/mol. The van der Waals surface area contributed by atoms with Crippen molar-refractivity contribution >= 4 is 46.0 Å². The maximum Gasteiger partial charge on any atom is 0.247 e. The average Bonchev–Trinajstić information content (AvgIpc) is 3.54. The van der Waals surface area contributed by atoms with Gasteiger partial charge in [-0.05, 0) is 23.3 Å². The Balaban J connectivity index is 1.49. The second kappa shape index (κ2) is 10.0. The molecule has 1 saturated heterocycles. The lowest BCUT2D eigenvalue weighted by Crippen LogP contribution is -2.45. The number of oxime groups is 1. The molecule has 0 aliphatic carbocycles. The SMILES string of the molecule is CO/N=C1\C[C@@H](C(=O)Nc2cccc3nsnc23)N(C(=O)C(c2ccccc2)c2ccccc2)C1. The van der Waals surface area contributed by atoms with Gasteiger partial charge in [0.1, 0.15) is 24.2 Å². The summed E-state index contributed by atoms with van der Waals surface area (Å²) in [4.78, 5) is 34.1. The molecule has 0 saturated carbocycles. The molecule has 3 aromatic carbocycles. The summed E-state index contributed by atoms with van der Waals surface area (Å²) in [5.41, 5.74) is 4.25. The summed E-state index contributed by atoms with van der Waals surface area (Å²) in [5, 5.41) is 7.02. The fourth-order valence-electron chi connectivity index (χ4n) is 4.42. The first kappa shape index (κ1) is 22.7. The predicted octanol–water partition coefficient (Wildman–Crippen LogP) is 4.07. The van der Waals surface area contributed by atoms with Crippen molar-refractivity contribution in [3.05, 3.63) is 90.0 Å². The molecule has 2 amide bonds. The molecule has 8 nitrogen and oxygen atoms in total. The van der Waals surface area contributed by atoms with Crippen LogP contribution in [0.1, 0.15) is 23.5 Å². The van der Waals surface area contributed by atoms with Gasteiger partial charge in [-0.3, -0.25) is 9.59 Å². The molecule has 1 aromatic heterocycles. The van der Waals surface area contributed by atoms with Crippen LogP contribution >= 0.6 is 11.7 Å². The minimum absolute atomic E-state index is 0.169. The molecule has 1 N–H and O–H groups in total. The predicted molar refractivity (Wildman–Crippen MR) is 135 cm³/mol. The number of hydrogen-bond donors (Lipinski definition) is 1. The number of rotatable bonds is 6. The number of carbonyl (C=O) groups excluding carboxylic acids is 2.